The van der Waals surface area contributed by atoms with Crippen LogP contribution >= 0.6 is 0 Å². The van der Waals surface area contributed by atoms with Crippen molar-refractivity contribution in [3.05, 3.63) is 66.1 Å². The number of nitrogens with zero attached hydrogens (tertiary/aromatic N) is 3. The fourth-order valence-electron chi connectivity index (χ4n) is 2.45. The van der Waals surface area contributed by atoms with Crippen LogP contribution in [0, 0.1) is 6.92 Å². The number of nitrogens with one attached hydrogen (secondary N) is 2. The van der Waals surface area contributed by atoms with E-state index in [-0.39, 0.29) is 5.91 Å². The number of pyridine rings is 1. The SMILES string of the molecule is CCCNC(=O)c1ccc(Nc2cc(C)nc(-c3cccnc3)n2)cc1. The first-order valence-corrected chi connectivity index (χ1v) is 8.57. The monoisotopic (exact) mass is 347 g/mol. The first-order chi connectivity index (χ1) is 12.7. The van der Waals surface area contributed by atoms with Gasteiger partial charge in [0.25, 0.3) is 5.91 Å². The number of hydrogen-bond acceptors (Lipinski definition) is 5. The molecule has 132 valence electrons. The molecule has 26 heavy (non-hydrogen) atoms. The molecule has 3 rings (SSSR count). The van der Waals surface area contributed by atoms with Gasteiger partial charge < -0.3 is 10.6 Å². The summed E-state index contributed by atoms with van der Waals surface area (Å²) in [6, 6.07) is 13.0. The maximum atomic E-state index is 12.0. The smallest absolute Gasteiger partial charge is 0.251 e. The average Bonchev–Trinajstić information content (AvgIpc) is 2.67. The first-order valence-electron chi connectivity index (χ1n) is 8.57. The molecule has 0 unspecified atom stereocenters. The summed E-state index contributed by atoms with van der Waals surface area (Å²) in [6.45, 7) is 4.63. The Hall–Kier alpha value is -3.28. The number of rotatable bonds is 6. The van der Waals surface area contributed by atoms with E-state index in [9.17, 15) is 4.79 Å². The predicted molar refractivity (Wildman–Crippen MR) is 102 cm³/mol. The number of amides is 1. The third-order valence-electron chi connectivity index (χ3n) is 3.73. The second kappa shape index (κ2) is 8.20. The third kappa shape index (κ3) is 4.42. The highest BCUT2D eigenvalue weighted by Crippen LogP contribution is 2.20. The second-order valence-corrected chi connectivity index (χ2v) is 5.92. The molecule has 0 aliphatic heterocycles. The topological polar surface area (TPSA) is 79.8 Å². The Morgan fingerprint density at radius 2 is 1.92 bits per heavy atom. The number of aromatic nitrogens is 3. The molecule has 0 saturated heterocycles. The number of anilines is 2. The van der Waals surface area contributed by atoms with Crippen molar-refractivity contribution in [3.63, 3.8) is 0 Å². The van der Waals surface area contributed by atoms with E-state index in [0.29, 0.717) is 23.8 Å². The quantitative estimate of drug-likeness (QED) is 0.710. The zero-order valence-corrected chi connectivity index (χ0v) is 14.9. The normalized spacial score (nSPS) is 10.4. The second-order valence-electron chi connectivity index (χ2n) is 5.92. The van der Waals surface area contributed by atoms with Crippen molar-refractivity contribution < 1.29 is 4.79 Å². The predicted octanol–water partition coefficient (Wildman–Crippen LogP) is 3.73. The van der Waals surface area contributed by atoms with E-state index in [0.717, 1.165) is 23.4 Å². The molecule has 0 atom stereocenters. The third-order valence-corrected chi connectivity index (χ3v) is 3.73. The molecule has 1 amide bonds. The van der Waals surface area contributed by atoms with Crippen molar-refractivity contribution in [3.8, 4) is 11.4 Å². The largest absolute Gasteiger partial charge is 0.352 e. The molecule has 2 N–H and O–H groups in total. The molecule has 3 aromatic rings. The summed E-state index contributed by atoms with van der Waals surface area (Å²) >= 11 is 0. The number of benzene rings is 1. The lowest BCUT2D eigenvalue weighted by Gasteiger charge is -2.09. The van der Waals surface area contributed by atoms with Crippen LogP contribution in [0.2, 0.25) is 0 Å². The average molecular weight is 347 g/mol. The highest BCUT2D eigenvalue weighted by molar-refractivity contribution is 5.94. The maximum absolute atomic E-state index is 12.0. The van der Waals surface area contributed by atoms with Crippen molar-refractivity contribution in [1.29, 1.82) is 0 Å². The summed E-state index contributed by atoms with van der Waals surface area (Å²) in [5.41, 5.74) is 3.21. The summed E-state index contributed by atoms with van der Waals surface area (Å²) < 4.78 is 0. The molecule has 0 aliphatic carbocycles. The minimum atomic E-state index is -0.0601. The Morgan fingerprint density at radius 3 is 2.62 bits per heavy atom. The Labute approximate surface area is 152 Å². The van der Waals surface area contributed by atoms with Gasteiger partial charge in [-0.05, 0) is 49.7 Å². The molecule has 0 spiro atoms. The van der Waals surface area contributed by atoms with E-state index in [1.807, 2.05) is 44.2 Å². The number of hydrogen-bond donors (Lipinski definition) is 2. The van der Waals surface area contributed by atoms with Crippen LogP contribution in [-0.4, -0.2) is 27.4 Å². The minimum Gasteiger partial charge on any atom is -0.352 e. The van der Waals surface area contributed by atoms with Gasteiger partial charge in [0, 0.05) is 47.5 Å². The molecule has 6 nitrogen and oxygen atoms in total. The molecular weight excluding hydrogens is 326 g/mol. The summed E-state index contributed by atoms with van der Waals surface area (Å²) in [7, 11) is 0. The Bertz CT molecular complexity index is 878. The van der Waals surface area contributed by atoms with Crippen molar-refractivity contribution in [2.45, 2.75) is 20.3 Å². The van der Waals surface area contributed by atoms with Gasteiger partial charge in [0.15, 0.2) is 5.82 Å². The van der Waals surface area contributed by atoms with E-state index in [2.05, 4.69) is 25.6 Å². The van der Waals surface area contributed by atoms with Crippen molar-refractivity contribution in [2.75, 3.05) is 11.9 Å². The molecule has 0 fully saturated rings. The van der Waals surface area contributed by atoms with Gasteiger partial charge in [0.05, 0.1) is 0 Å². The maximum Gasteiger partial charge on any atom is 0.251 e. The molecular formula is C20H21N5O. The van der Waals surface area contributed by atoms with Crippen molar-refractivity contribution in [1.82, 2.24) is 20.3 Å². The van der Waals surface area contributed by atoms with Crippen molar-refractivity contribution >= 4 is 17.4 Å². The van der Waals surface area contributed by atoms with Gasteiger partial charge in [-0.1, -0.05) is 6.92 Å². The van der Waals surface area contributed by atoms with Gasteiger partial charge in [-0.2, -0.15) is 0 Å². The molecule has 2 aromatic heterocycles. The van der Waals surface area contributed by atoms with Crippen LogP contribution in [0.25, 0.3) is 11.4 Å². The lowest BCUT2D eigenvalue weighted by molar-refractivity contribution is 0.0953. The number of aryl methyl sites for hydroxylation is 1. The van der Waals surface area contributed by atoms with Crippen LogP contribution in [0.1, 0.15) is 29.4 Å². The summed E-state index contributed by atoms with van der Waals surface area (Å²) in [4.78, 5) is 25.1. The molecule has 0 bridgehead atoms. The lowest BCUT2D eigenvalue weighted by atomic mass is 10.2. The van der Waals surface area contributed by atoms with Crippen LogP contribution in [0.3, 0.4) is 0 Å². The molecule has 1 aromatic carbocycles. The van der Waals surface area contributed by atoms with Crippen LogP contribution < -0.4 is 10.6 Å². The Kier molecular flexibility index (Phi) is 5.53. The standard InChI is InChI=1S/C20H21N5O/c1-3-10-22-20(26)15-6-8-17(9-7-15)24-18-12-14(2)23-19(25-18)16-5-4-11-21-13-16/h4-9,11-13H,3,10H2,1-2H3,(H,22,26)(H,23,24,25). The summed E-state index contributed by atoms with van der Waals surface area (Å²) in [5, 5.41) is 6.13. The van der Waals surface area contributed by atoms with Gasteiger partial charge in [0.2, 0.25) is 0 Å². The first kappa shape index (κ1) is 17.5. The fourth-order valence-corrected chi connectivity index (χ4v) is 2.45. The van der Waals surface area contributed by atoms with E-state index in [4.69, 9.17) is 0 Å². The van der Waals surface area contributed by atoms with Gasteiger partial charge in [-0.3, -0.25) is 9.78 Å². The van der Waals surface area contributed by atoms with Crippen molar-refractivity contribution in [2.24, 2.45) is 0 Å². The highest BCUT2D eigenvalue weighted by Gasteiger charge is 2.07. The van der Waals surface area contributed by atoms with Gasteiger partial charge >= 0.3 is 0 Å². The van der Waals surface area contributed by atoms with Crippen LogP contribution in [0.4, 0.5) is 11.5 Å². The van der Waals surface area contributed by atoms with E-state index in [1.165, 1.54) is 0 Å². The van der Waals surface area contributed by atoms with Crippen LogP contribution in [0.5, 0.6) is 0 Å². The van der Waals surface area contributed by atoms with Gasteiger partial charge in [0.1, 0.15) is 5.82 Å². The van der Waals surface area contributed by atoms with E-state index >= 15 is 0 Å². The van der Waals surface area contributed by atoms with E-state index < -0.39 is 0 Å². The molecule has 6 heteroatoms. The molecule has 0 aliphatic rings. The molecule has 2 heterocycles. The lowest BCUT2D eigenvalue weighted by Crippen LogP contribution is -2.23. The molecule has 0 radical (unpaired) electrons. The Balaban J connectivity index is 1.77. The van der Waals surface area contributed by atoms with Crippen LogP contribution in [-0.2, 0) is 0 Å². The fraction of sp³-hybridized carbons (Fsp3) is 0.200. The van der Waals surface area contributed by atoms with Gasteiger partial charge in [-0.25, -0.2) is 9.97 Å². The number of carbonyl (C=O) groups is 1. The van der Waals surface area contributed by atoms with Gasteiger partial charge in [-0.15, -0.1) is 0 Å². The Morgan fingerprint density at radius 1 is 1.12 bits per heavy atom. The number of carbonyl (C=O) groups excluding carboxylic acids is 1. The zero-order valence-electron chi connectivity index (χ0n) is 14.9. The zero-order chi connectivity index (χ0) is 18.4. The minimum absolute atomic E-state index is 0.0601. The highest BCUT2D eigenvalue weighted by atomic mass is 16.1. The van der Waals surface area contributed by atoms with E-state index in [1.54, 1.807) is 24.5 Å². The summed E-state index contributed by atoms with van der Waals surface area (Å²) in [5.74, 6) is 1.26. The summed E-state index contributed by atoms with van der Waals surface area (Å²) in [6.07, 6.45) is 4.37. The molecule has 0 saturated carbocycles. The van der Waals surface area contributed by atoms with Crippen LogP contribution in [0.15, 0.2) is 54.9 Å².